The van der Waals surface area contributed by atoms with E-state index in [1.165, 1.54) is 12.1 Å². The minimum Gasteiger partial charge on any atom is -0.372 e. The van der Waals surface area contributed by atoms with Crippen molar-refractivity contribution in [3.8, 4) is 11.1 Å². The summed E-state index contributed by atoms with van der Waals surface area (Å²) >= 11 is 0. The molecular weight excluding hydrogens is 551 g/mol. The van der Waals surface area contributed by atoms with E-state index >= 15 is 0 Å². The SMILES string of the molecule is CCNC(=O)C(c1ccccc1)C1CCN(c2ccc(NC(=O)c3ccccc3-c3ccc(C(F)(F)F)cc3)cc2)CC1. The molecule has 4 aromatic carbocycles. The van der Waals surface area contributed by atoms with Crippen LogP contribution < -0.4 is 15.5 Å². The van der Waals surface area contributed by atoms with Gasteiger partial charge < -0.3 is 15.5 Å². The Morgan fingerprint density at radius 1 is 0.837 bits per heavy atom. The lowest BCUT2D eigenvalue weighted by atomic mass is 9.79. The van der Waals surface area contributed by atoms with Crippen molar-refractivity contribution in [2.24, 2.45) is 5.92 Å². The molecule has 1 heterocycles. The van der Waals surface area contributed by atoms with Gasteiger partial charge in [0.05, 0.1) is 11.5 Å². The maximum Gasteiger partial charge on any atom is 0.416 e. The molecule has 1 aliphatic heterocycles. The number of alkyl halides is 3. The summed E-state index contributed by atoms with van der Waals surface area (Å²) in [7, 11) is 0. The normalized spacial score (nSPS) is 14.7. The number of nitrogens with zero attached hydrogens (tertiary/aromatic N) is 1. The number of hydrogen-bond acceptors (Lipinski definition) is 3. The molecule has 0 aliphatic carbocycles. The third-order valence-electron chi connectivity index (χ3n) is 7.99. The second kappa shape index (κ2) is 13.2. The molecule has 1 atom stereocenters. The van der Waals surface area contributed by atoms with Crippen LogP contribution in [-0.2, 0) is 11.0 Å². The summed E-state index contributed by atoms with van der Waals surface area (Å²) in [5, 5.41) is 5.93. The van der Waals surface area contributed by atoms with E-state index in [1.54, 1.807) is 24.3 Å². The van der Waals surface area contributed by atoms with Gasteiger partial charge in [-0.1, -0.05) is 60.7 Å². The topological polar surface area (TPSA) is 61.4 Å². The van der Waals surface area contributed by atoms with E-state index in [0.29, 0.717) is 28.9 Å². The van der Waals surface area contributed by atoms with Crippen LogP contribution in [0.4, 0.5) is 24.5 Å². The number of halogens is 3. The second-order valence-corrected chi connectivity index (χ2v) is 10.7. The Kier molecular flexibility index (Phi) is 9.14. The van der Waals surface area contributed by atoms with Gasteiger partial charge in [-0.2, -0.15) is 13.2 Å². The van der Waals surface area contributed by atoms with E-state index < -0.39 is 11.7 Å². The summed E-state index contributed by atoms with van der Waals surface area (Å²) in [6, 6.07) is 29.3. The van der Waals surface area contributed by atoms with Crippen molar-refractivity contribution in [1.82, 2.24) is 5.32 Å². The number of carbonyl (C=O) groups is 2. The Morgan fingerprint density at radius 3 is 2.09 bits per heavy atom. The highest BCUT2D eigenvalue weighted by Gasteiger charge is 2.33. The summed E-state index contributed by atoms with van der Waals surface area (Å²) < 4.78 is 39.0. The van der Waals surface area contributed by atoms with Crippen LogP contribution in [0.3, 0.4) is 0 Å². The van der Waals surface area contributed by atoms with Crippen molar-refractivity contribution >= 4 is 23.2 Å². The van der Waals surface area contributed by atoms with Crippen LogP contribution in [-0.4, -0.2) is 31.4 Å². The van der Waals surface area contributed by atoms with Gasteiger partial charge in [-0.3, -0.25) is 9.59 Å². The zero-order valence-electron chi connectivity index (χ0n) is 23.9. The van der Waals surface area contributed by atoms with E-state index in [9.17, 15) is 22.8 Å². The molecule has 5 nitrogen and oxygen atoms in total. The molecular formula is C35H34F3N3O2. The Labute approximate surface area is 249 Å². The minimum absolute atomic E-state index is 0.0761. The molecule has 2 N–H and O–H groups in total. The Bertz CT molecular complexity index is 1530. The average Bonchev–Trinajstić information content (AvgIpc) is 3.02. The Balaban J connectivity index is 1.23. The van der Waals surface area contributed by atoms with E-state index in [1.807, 2.05) is 61.5 Å². The van der Waals surface area contributed by atoms with Gasteiger partial charge in [-0.15, -0.1) is 0 Å². The number of carbonyl (C=O) groups excluding carboxylic acids is 2. The number of hydrogen-bond donors (Lipinski definition) is 2. The van der Waals surface area contributed by atoms with Crippen LogP contribution in [0, 0.1) is 5.92 Å². The van der Waals surface area contributed by atoms with Gasteiger partial charge in [0, 0.05) is 36.6 Å². The van der Waals surface area contributed by atoms with Crippen molar-refractivity contribution in [2.75, 3.05) is 29.9 Å². The zero-order valence-corrected chi connectivity index (χ0v) is 23.9. The molecule has 222 valence electrons. The largest absolute Gasteiger partial charge is 0.416 e. The molecule has 43 heavy (non-hydrogen) atoms. The van der Waals surface area contributed by atoms with Crippen LogP contribution in [0.25, 0.3) is 11.1 Å². The molecule has 1 saturated heterocycles. The van der Waals surface area contributed by atoms with Crippen molar-refractivity contribution in [1.29, 1.82) is 0 Å². The number of benzene rings is 4. The predicted molar refractivity (Wildman–Crippen MR) is 164 cm³/mol. The minimum atomic E-state index is -4.42. The van der Waals surface area contributed by atoms with E-state index in [0.717, 1.165) is 49.3 Å². The number of amides is 2. The lowest BCUT2D eigenvalue weighted by Gasteiger charge is -2.37. The number of piperidine rings is 1. The average molecular weight is 586 g/mol. The molecule has 1 unspecified atom stereocenters. The van der Waals surface area contributed by atoms with Crippen molar-refractivity contribution in [3.63, 3.8) is 0 Å². The summed E-state index contributed by atoms with van der Waals surface area (Å²) in [4.78, 5) is 28.5. The van der Waals surface area contributed by atoms with Crippen LogP contribution >= 0.6 is 0 Å². The fraction of sp³-hybridized carbons (Fsp3) is 0.257. The number of anilines is 2. The van der Waals surface area contributed by atoms with Gasteiger partial charge in [0.1, 0.15) is 0 Å². The molecule has 4 aromatic rings. The highest BCUT2D eigenvalue weighted by molar-refractivity contribution is 6.08. The molecule has 1 aliphatic rings. The lowest BCUT2D eigenvalue weighted by molar-refractivity contribution is -0.137. The third-order valence-corrected chi connectivity index (χ3v) is 7.99. The Morgan fingerprint density at radius 2 is 1.47 bits per heavy atom. The molecule has 8 heteroatoms. The first-order chi connectivity index (χ1) is 20.7. The molecule has 5 rings (SSSR count). The number of rotatable bonds is 8. The number of nitrogens with one attached hydrogen (secondary N) is 2. The van der Waals surface area contributed by atoms with Crippen molar-refractivity contribution < 1.29 is 22.8 Å². The maximum absolute atomic E-state index is 13.2. The van der Waals surface area contributed by atoms with Crippen molar-refractivity contribution in [2.45, 2.75) is 31.9 Å². The van der Waals surface area contributed by atoms with Crippen LogP contribution in [0.2, 0.25) is 0 Å². The molecule has 0 radical (unpaired) electrons. The van der Waals surface area contributed by atoms with Crippen LogP contribution in [0.15, 0.2) is 103 Å². The summed E-state index contributed by atoms with van der Waals surface area (Å²) in [5.74, 6) is -0.201. The summed E-state index contributed by atoms with van der Waals surface area (Å²) in [5.41, 5.74) is 3.41. The van der Waals surface area contributed by atoms with Gasteiger partial charge in [0.15, 0.2) is 0 Å². The standard InChI is InChI=1S/C35H34F3N3O2/c1-2-39-34(43)32(25-8-4-3-5-9-25)26-20-22-41(23-21-26)29-18-16-28(17-19-29)40-33(42)31-11-7-6-10-30(31)24-12-14-27(15-13-24)35(36,37)38/h3-19,26,32H,2,20-23H2,1H3,(H,39,43)(H,40,42). The second-order valence-electron chi connectivity index (χ2n) is 10.7. The molecule has 0 saturated carbocycles. The molecule has 0 aromatic heterocycles. The van der Waals surface area contributed by atoms with Crippen LogP contribution in [0.5, 0.6) is 0 Å². The lowest BCUT2D eigenvalue weighted by Crippen LogP contribution is -2.40. The molecule has 1 fully saturated rings. The summed E-state index contributed by atoms with van der Waals surface area (Å²) in [6.45, 7) is 4.18. The van der Waals surface area contributed by atoms with E-state index in [2.05, 4.69) is 15.5 Å². The molecule has 0 spiro atoms. The van der Waals surface area contributed by atoms with Gasteiger partial charge >= 0.3 is 6.18 Å². The maximum atomic E-state index is 13.2. The van der Waals surface area contributed by atoms with Gasteiger partial charge in [0.2, 0.25) is 5.91 Å². The number of likely N-dealkylation sites (N-methyl/N-ethyl adjacent to an activating group) is 1. The predicted octanol–water partition coefficient (Wildman–Crippen LogP) is 7.76. The molecule has 0 bridgehead atoms. The van der Waals surface area contributed by atoms with Gasteiger partial charge in [-0.25, -0.2) is 0 Å². The van der Waals surface area contributed by atoms with E-state index in [4.69, 9.17) is 0 Å². The van der Waals surface area contributed by atoms with Gasteiger partial charge in [-0.05, 0) is 84.8 Å². The fourth-order valence-electron chi connectivity index (χ4n) is 5.80. The first-order valence-corrected chi connectivity index (χ1v) is 14.5. The third kappa shape index (κ3) is 7.08. The first kappa shape index (κ1) is 29.9. The highest BCUT2D eigenvalue weighted by Crippen LogP contribution is 2.35. The summed E-state index contributed by atoms with van der Waals surface area (Å²) in [6.07, 6.45) is -2.65. The van der Waals surface area contributed by atoms with Crippen LogP contribution in [0.1, 0.15) is 47.2 Å². The highest BCUT2D eigenvalue weighted by atomic mass is 19.4. The first-order valence-electron chi connectivity index (χ1n) is 14.5. The quantitative estimate of drug-likeness (QED) is 0.222. The smallest absolute Gasteiger partial charge is 0.372 e. The van der Waals surface area contributed by atoms with E-state index in [-0.39, 0.29) is 23.7 Å². The monoisotopic (exact) mass is 585 g/mol. The zero-order chi connectivity index (χ0) is 30.4. The van der Waals surface area contributed by atoms with Gasteiger partial charge in [0.25, 0.3) is 5.91 Å². The fourth-order valence-corrected chi connectivity index (χ4v) is 5.80. The Hall–Kier alpha value is -4.59. The van der Waals surface area contributed by atoms with Crippen molar-refractivity contribution in [3.05, 3.63) is 120 Å². The molecule has 2 amide bonds.